The van der Waals surface area contributed by atoms with Crippen molar-refractivity contribution >= 4 is 23.3 Å². The summed E-state index contributed by atoms with van der Waals surface area (Å²) in [6, 6.07) is 3.85. The molecule has 0 atom stereocenters. The van der Waals surface area contributed by atoms with Crippen LogP contribution >= 0.6 is 11.6 Å². The zero-order valence-electron chi connectivity index (χ0n) is 11.4. The van der Waals surface area contributed by atoms with Crippen LogP contribution in [0, 0.1) is 10.1 Å². The quantitative estimate of drug-likeness (QED) is 0.309. The maximum atomic E-state index is 11.8. The number of carbonyl (C=O) groups excluding carboxylic acids is 1. The van der Waals surface area contributed by atoms with Crippen molar-refractivity contribution in [1.82, 2.24) is 0 Å². The molecule has 6 heteroatoms. The minimum atomic E-state index is -0.699. The number of hydrogen-bond acceptors (Lipinski definition) is 4. The van der Waals surface area contributed by atoms with E-state index >= 15 is 0 Å². The first-order valence-corrected chi connectivity index (χ1v) is 7.05. The van der Waals surface area contributed by atoms with Gasteiger partial charge in [0.1, 0.15) is 5.56 Å². The number of carbonyl (C=O) groups is 1. The Hall–Kier alpha value is -1.62. The second-order valence-electron chi connectivity index (χ2n) is 4.47. The molecule has 20 heavy (non-hydrogen) atoms. The molecule has 0 amide bonds. The topological polar surface area (TPSA) is 69.4 Å². The zero-order chi connectivity index (χ0) is 15.0. The highest BCUT2D eigenvalue weighted by Gasteiger charge is 2.21. The van der Waals surface area contributed by atoms with Gasteiger partial charge in [-0.25, -0.2) is 4.79 Å². The summed E-state index contributed by atoms with van der Waals surface area (Å²) in [6.45, 7) is 2.39. The lowest BCUT2D eigenvalue weighted by Crippen LogP contribution is -2.09. The molecule has 5 nitrogen and oxygen atoms in total. The summed E-state index contributed by atoms with van der Waals surface area (Å²) in [5.41, 5.74) is -0.388. The van der Waals surface area contributed by atoms with Gasteiger partial charge in [-0.05, 0) is 18.6 Å². The van der Waals surface area contributed by atoms with Gasteiger partial charge in [-0.2, -0.15) is 0 Å². The van der Waals surface area contributed by atoms with E-state index in [1.165, 1.54) is 18.2 Å². The van der Waals surface area contributed by atoms with Gasteiger partial charge in [0.05, 0.1) is 11.5 Å². The summed E-state index contributed by atoms with van der Waals surface area (Å²) in [4.78, 5) is 22.0. The van der Waals surface area contributed by atoms with Crippen LogP contribution in [0.2, 0.25) is 5.02 Å². The first-order valence-electron chi connectivity index (χ1n) is 6.67. The molecule has 1 aromatic rings. The largest absolute Gasteiger partial charge is 0.462 e. The predicted molar refractivity (Wildman–Crippen MR) is 77.1 cm³/mol. The highest BCUT2D eigenvalue weighted by atomic mass is 35.5. The molecule has 0 aliphatic carbocycles. The van der Waals surface area contributed by atoms with Crippen LogP contribution in [0.4, 0.5) is 5.69 Å². The Morgan fingerprint density at radius 3 is 2.65 bits per heavy atom. The van der Waals surface area contributed by atoms with Crippen LogP contribution in [-0.2, 0) is 4.74 Å². The van der Waals surface area contributed by atoms with Crippen molar-refractivity contribution in [3.05, 3.63) is 38.9 Å². The van der Waals surface area contributed by atoms with Gasteiger partial charge in [-0.3, -0.25) is 10.1 Å². The maximum Gasteiger partial charge on any atom is 0.345 e. The molecule has 0 spiro atoms. The maximum absolute atomic E-state index is 11.8. The standard InChI is InChI=1S/C14H18ClNO4/c1-2-3-4-5-6-9-20-14(17)12-10-11(15)7-8-13(12)16(18)19/h7-8,10H,2-6,9H2,1H3. The third-order valence-corrected chi connectivity index (χ3v) is 3.09. The van der Waals surface area contributed by atoms with Crippen molar-refractivity contribution in [2.24, 2.45) is 0 Å². The van der Waals surface area contributed by atoms with Gasteiger partial charge < -0.3 is 4.74 Å². The molecule has 1 aromatic carbocycles. The summed E-state index contributed by atoms with van der Waals surface area (Å²) in [5.74, 6) is -0.699. The monoisotopic (exact) mass is 299 g/mol. The van der Waals surface area contributed by atoms with E-state index in [-0.39, 0.29) is 22.9 Å². The minimum absolute atomic E-state index is 0.101. The van der Waals surface area contributed by atoms with E-state index in [4.69, 9.17) is 16.3 Å². The van der Waals surface area contributed by atoms with E-state index in [1.54, 1.807) is 0 Å². The van der Waals surface area contributed by atoms with E-state index < -0.39 is 10.9 Å². The molecule has 0 aliphatic rings. The van der Waals surface area contributed by atoms with E-state index in [0.717, 1.165) is 32.1 Å². The van der Waals surface area contributed by atoms with Crippen molar-refractivity contribution in [2.75, 3.05) is 6.61 Å². The van der Waals surface area contributed by atoms with Crippen molar-refractivity contribution in [3.63, 3.8) is 0 Å². The first kappa shape index (κ1) is 16.4. The number of rotatable bonds is 8. The molecule has 0 aromatic heterocycles. The molecule has 0 fully saturated rings. The number of nitro benzene ring substituents is 1. The minimum Gasteiger partial charge on any atom is -0.462 e. The van der Waals surface area contributed by atoms with Crippen molar-refractivity contribution in [1.29, 1.82) is 0 Å². The first-order chi connectivity index (χ1) is 9.56. The van der Waals surface area contributed by atoms with Crippen molar-refractivity contribution < 1.29 is 14.5 Å². The van der Waals surface area contributed by atoms with Gasteiger partial charge in [0.15, 0.2) is 0 Å². The summed E-state index contributed by atoms with van der Waals surface area (Å²) in [6.07, 6.45) is 5.16. The Morgan fingerprint density at radius 2 is 2.00 bits per heavy atom. The highest BCUT2D eigenvalue weighted by molar-refractivity contribution is 6.31. The van der Waals surface area contributed by atoms with E-state index in [1.807, 2.05) is 0 Å². The fourth-order valence-electron chi connectivity index (χ4n) is 1.78. The predicted octanol–water partition coefficient (Wildman–Crippen LogP) is 4.38. The number of nitrogens with zero attached hydrogens (tertiary/aromatic N) is 1. The van der Waals surface area contributed by atoms with Crippen molar-refractivity contribution in [2.45, 2.75) is 39.0 Å². The molecular weight excluding hydrogens is 282 g/mol. The Balaban J connectivity index is 2.54. The van der Waals surface area contributed by atoms with Crippen molar-refractivity contribution in [3.8, 4) is 0 Å². The summed E-state index contributed by atoms with van der Waals surface area (Å²) in [5, 5.41) is 11.1. The van der Waals surface area contributed by atoms with Crippen LogP contribution in [-0.4, -0.2) is 17.5 Å². The van der Waals surface area contributed by atoms with Crippen LogP contribution in [0.25, 0.3) is 0 Å². The molecule has 0 radical (unpaired) electrons. The van der Waals surface area contributed by atoms with E-state index in [0.29, 0.717) is 0 Å². The third-order valence-electron chi connectivity index (χ3n) is 2.86. The number of benzene rings is 1. The van der Waals surface area contributed by atoms with Gasteiger partial charge in [0.25, 0.3) is 5.69 Å². The molecule has 0 heterocycles. The zero-order valence-corrected chi connectivity index (χ0v) is 12.2. The molecule has 0 N–H and O–H groups in total. The van der Waals surface area contributed by atoms with Gasteiger partial charge in [0.2, 0.25) is 0 Å². The number of ether oxygens (including phenoxy) is 1. The fourth-order valence-corrected chi connectivity index (χ4v) is 1.95. The highest BCUT2D eigenvalue weighted by Crippen LogP contribution is 2.23. The van der Waals surface area contributed by atoms with Crippen LogP contribution in [0.5, 0.6) is 0 Å². The van der Waals surface area contributed by atoms with Crippen LogP contribution in [0.3, 0.4) is 0 Å². The van der Waals surface area contributed by atoms with Crippen LogP contribution < -0.4 is 0 Å². The Labute approximate surface area is 123 Å². The Kier molecular flexibility index (Phi) is 7.01. The molecular formula is C14H18ClNO4. The van der Waals surface area contributed by atoms with Crippen LogP contribution in [0.1, 0.15) is 49.4 Å². The van der Waals surface area contributed by atoms with Gasteiger partial charge in [0, 0.05) is 11.1 Å². The SMILES string of the molecule is CCCCCCCOC(=O)c1cc(Cl)ccc1[N+](=O)[O-]. The second-order valence-corrected chi connectivity index (χ2v) is 4.91. The lowest BCUT2D eigenvalue weighted by atomic mass is 10.1. The molecule has 0 saturated heterocycles. The molecule has 0 aliphatic heterocycles. The Morgan fingerprint density at radius 1 is 1.30 bits per heavy atom. The second kappa shape index (κ2) is 8.53. The van der Waals surface area contributed by atoms with Gasteiger partial charge in [-0.15, -0.1) is 0 Å². The summed E-state index contributed by atoms with van der Waals surface area (Å²) < 4.78 is 5.05. The summed E-state index contributed by atoms with van der Waals surface area (Å²) in [7, 11) is 0. The smallest absolute Gasteiger partial charge is 0.345 e. The molecule has 0 saturated carbocycles. The molecule has 110 valence electrons. The Bertz CT molecular complexity index is 476. The lowest BCUT2D eigenvalue weighted by molar-refractivity contribution is -0.385. The molecule has 1 rings (SSSR count). The molecule has 0 unspecified atom stereocenters. The third kappa shape index (κ3) is 5.17. The average Bonchev–Trinajstić information content (AvgIpc) is 2.42. The van der Waals surface area contributed by atoms with Gasteiger partial charge in [-0.1, -0.05) is 44.2 Å². The number of nitro groups is 1. The molecule has 0 bridgehead atoms. The number of halogens is 1. The van der Waals surface area contributed by atoms with E-state index in [2.05, 4.69) is 6.92 Å². The van der Waals surface area contributed by atoms with E-state index in [9.17, 15) is 14.9 Å². The number of hydrogen-bond donors (Lipinski definition) is 0. The summed E-state index contributed by atoms with van der Waals surface area (Å²) >= 11 is 5.75. The fraction of sp³-hybridized carbons (Fsp3) is 0.500. The van der Waals surface area contributed by atoms with Gasteiger partial charge >= 0.3 is 5.97 Å². The lowest BCUT2D eigenvalue weighted by Gasteiger charge is -2.05. The average molecular weight is 300 g/mol. The normalized spacial score (nSPS) is 10.3. The number of esters is 1. The van der Waals surface area contributed by atoms with Crippen LogP contribution in [0.15, 0.2) is 18.2 Å². The number of unbranched alkanes of at least 4 members (excludes halogenated alkanes) is 4.